The summed E-state index contributed by atoms with van der Waals surface area (Å²) in [4.78, 5) is 4.29. The van der Waals surface area contributed by atoms with Crippen LogP contribution >= 0.6 is 0 Å². The van der Waals surface area contributed by atoms with E-state index in [1.807, 2.05) is 13.3 Å². The van der Waals surface area contributed by atoms with Crippen LogP contribution in [0.1, 0.15) is 31.5 Å². The average Bonchev–Trinajstić information content (AvgIpc) is 2.75. The van der Waals surface area contributed by atoms with E-state index in [-0.39, 0.29) is 5.41 Å². The molecule has 0 bridgehead atoms. The first-order valence-electron chi connectivity index (χ1n) is 6.18. The quantitative estimate of drug-likeness (QED) is 0.782. The summed E-state index contributed by atoms with van der Waals surface area (Å²) >= 11 is 0. The fraction of sp³-hybridized carbons (Fsp3) is 0.400. The number of aromatic nitrogens is 2. The van der Waals surface area contributed by atoms with Crippen molar-refractivity contribution in [1.82, 2.24) is 9.55 Å². The van der Waals surface area contributed by atoms with E-state index in [9.17, 15) is 0 Å². The number of nitrogens with zero attached hydrogens (tertiary/aromatic N) is 2. The minimum Gasteiger partial charge on any atom is -0.336 e. The monoisotopic (exact) mass is 228 g/mol. The Kier molecular flexibility index (Phi) is 3.32. The van der Waals surface area contributed by atoms with Gasteiger partial charge in [-0.15, -0.1) is 0 Å². The number of hydrogen-bond acceptors (Lipinski definition) is 1. The largest absolute Gasteiger partial charge is 0.336 e. The molecule has 0 aliphatic carbocycles. The second kappa shape index (κ2) is 4.74. The van der Waals surface area contributed by atoms with Gasteiger partial charge in [0.2, 0.25) is 0 Å². The van der Waals surface area contributed by atoms with E-state index in [1.54, 1.807) is 0 Å². The standard InChI is InChI=1S/C15H20N2/c1-4-15(3,14-8-6-5-7-9-14)11-17-10-13(2)16-12-17/h5-10,12H,4,11H2,1-3H3. The summed E-state index contributed by atoms with van der Waals surface area (Å²) in [6, 6.07) is 10.7. The van der Waals surface area contributed by atoms with Crippen LogP contribution in [0.3, 0.4) is 0 Å². The van der Waals surface area contributed by atoms with Crippen molar-refractivity contribution in [3.63, 3.8) is 0 Å². The third-order valence-corrected chi connectivity index (χ3v) is 3.54. The van der Waals surface area contributed by atoms with Gasteiger partial charge in [0.05, 0.1) is 12.0 Å². The Hall–Kier alpha value is -1.57. The number of rotatable bonds is 4. The lowest BCUT2D eigenvalue weighted by Gasteiger charge is -2.29. The minimum atomic E-state index is 0.175. The highest BCUT2D eigenvalue weighted by Gasteiger charge is 2.24. The van der Waals surface area contributed by atoms with E-state index < -0.39 is 0 Å². The van der Waals surface area contributed by atoms with Crippen LogP contribution in [0.2, 0.25) is 0 Å². The molecular formula is C15H20N2. The summed E-state index contributed by atoms with van der Waals surface area (Å²) in [5.41, 5.74) is 2.65. The van der Waals surface area contributed by atoms with Gasteiger partial charge in [-0.1, -0.05) is 44.2 Å². The van der Waals surface area contributed by atoms with Crippen molar-refractivity contribution < 1.29 is 0 Å². The van der Waals surface area contributed by atoms with Crippen LogP contribution in [0.4, 0.5) is 0 Å². The van der Waals surface area contributed by atoms with Gasteiger partial charge in [0.1, 0.15) is 0 Å². The van der Waals surface area contributed by atoms with Crippen LogP contribution in [0.25, 0.3) is 0 Å². The Bertz CT molecular complexity index is 473. The summed E-state index contributed by atoms with van der Waals surface area (Å²) in [7, 11) is 0. The molecular weight excluding hydrogens is 208 g/mol. The highest BCUT2D eigenvalue weighted by atomic mass is 15.0. The van der Waals surface area contributed by atoms with Crippen molar-refractivity contribution in [2.24, 2.45) is 0 Å². The topological polar surface area (TPSA) is 17.8 Å². The molecule has 0 amide bonds. The summed E-state index contributed by atoms with van der Waals surface area (Å²) < 4.78 is 2.19. The summed E-state index contributed by atoms with van der Waals surface area (Å²) in [5.74, 6) is 0. The number of imidazole rings is 1. The van der Waals surface area contributed by atoms with E-state index in [4.69, 9.17) is 0 Å². The molecule has 0 aliphatic rings. The molecule has 90 valence electrons. The van der Waals surface area contributed by atoms with E-state index in [2.05, 4.69) is 59.9 Å². The Morgan fingerprint density at radius 1 is 1.24 bits per heavy atom. The van der Waals surface area contributed by atoms with Gasteiger partial charge in [-0.3, -0.25) is 0 Å². The predicted molar refractivity (Wildman–Crippen MR) is 71.0 cm³/mol. The van der Waals surface area contributed by atoms with Gasteiger partial charge in [-0.2, -0.15) is 0 Å². The fourth-order valence-corrected chi connectivity index (χ4v) is 2.21. The van der Waals surface area contributed by atoms with Crippen molar-refractivity contribution in [1.29, 1.82) is 0 Å². The average molecular weight is 228 g/mol. The van der Waals surface area contributed by atoms with Gasteiger partial charge in [0.15, 0.2) is 0 Å². The maximum absolute atomic E-state index is 4.29. The van der Waals surface area contributed by atoms with Gasteiger partial charge in [-0.05, 0) is 18.9 Å². The molecule has 1 aromatic heterocycles. The van der Waals surface area contributed by atoms with Crippen LogP contribution in [-0.4, -0.2) is 9.55 Å². The first-order chi connectivity index (χ1) is 8.14. The molecule has 0 radical (unpaired) electrons. The highest BCUT2D eigenvalue weighted by Crippen LogP contribution is 2.29. The molecule has 2 heteroatoms. The molecule has 2 rings (SSSR count). The van der Waals surface area contributed by atoms with E-state index in [1.165, 1.54) is 5.56 Å². The lowest BCUT2D eigenvalue weighted by Crippen LogP contribution is -2.26. The maximum atomic E-state index is 4.29. The Balaban J connectivity index is 2.26. The first-order valence-corrected chi connectivity index (χ1v) is 6.18. The van der Waals surface area contributed by atoms with Gasteiger partial charge >= 0.3 is 0 Å². The van der Waals surface area contributed by atoms with Crippen molar-refractivity contribution >= 4 is 0 Å². The Morgan fingerprint density at radius 3 is 2.47 bits per heavy atom. The predicted octanol–water partition coefficient (Wildman–Crippen LogP) is 3.56. The Labute approximate surface area is 103 Å². The Morgan fingerprint density at radius 2 is 1.94 bits per heavy atom. The SMILES string of the molecule is CCC(C)(Cn1cnc(C)c1)c1ccccc1. The molecule has 1 atom stereocenters. The number of benzene rings is 1. The molecule has 1 aromatic carbocycles. The maximum Gasteiger partial charge on any atom is 0.0949 e. The van der Waals surface area contributed by atoms with E-state index in [0.717, 1.165) is 18.7 Å². The molecule has 2 nitrogen and oxygen atoms in total. The fourth-order valence-electron chi connectivity index (χ4n) is 2.21. The number of aryl methyl sites for hydroxylation is 1. The van der Waals surface area contributed by atoms with Crippen molar-refractivity contribution in [3.8, 4) is 0 Å². The van der Waals surface area contributed by atoms with Crippen LogP contribution in [0, 0.1) is 6.92 Å². The zero-order chi connectivity index (χ0) is 12.3. The third-order valence-electron chi connectivity index (χ3n) is 3.54. The lowest BCUT2D eigenvalue weighted by molar-refractivity contribution is 0.383. The number of hydrogen-bond donors (Lipinski definition) is 0. The normalized spacial score (nSPS) is 14.5. The summed E-state index contributed by atoms with van der Waals surface area (Å²) in [5, 5.41) is 0. The third kappa shape index (κ3) is 2.57. The highest BCUT2D eigenvalue weighted by molar-refractivity contribution is 5.24. The minimum absolute atomic E-state index is 0.175. The molecule has 0 saturated carbocycles. The first kappa shape index (κ1) is 11.9. The summed E-state index contributed by atoms with van der Waals surface area (Å²) in [6.45, 7) is 7.57. The van der Waals surface area contributed by atoms with E-state index in [0.29, 0.717) is 0 Å². The summed E-state index contributed by atoms with van der Waals surface area (Å²) in [6.07, 6.45) is 5.15. The molecule has 0 spiro atoms. The molecule has 1 unspecified atom stereocenters. The van der Waals surface area contributed by atoms with Crippen molar-refractivity contribution in [2.45, 2.75) is 39.2 Å². The molecule has 0 aliphatic heterocycles. The molecule has 17 heavy (non-hydrogen) atoms. The lowest BCUT2D eigenvalue weighted by atomic mass is 9.80. The zero-order valence-corrected chi connectivity index (χ0v) is 10.9. The van der Waals surface area contributed by atoms with Gasteiger partial charge in [0.25, 0.3) is 0 Å². The van der Waals surface area contributed by atoms with Crippen LogP contribution < -0.4 is 0 Å². The molecule has 1 heterocycles. The van der Waals surface area contributed by atoms with Gasteiger partial charge in [-0.25, -0.2) is 4.98 Å². The van der Waals surface area contributed by atoms with Crippen LogP contribution in [0.5, 0.6) is 0 Å². The second-order valence-corrected chi connectivity index (χ2v) is 4.97. The van der Waals surface area contributed by atoms with Crippen LogP contribution in [0.15, 0.2) is 42.9 Å². The van der Waals surface area contributed by atoms with Crippen molar-refractivity contribution in [3.05, 3.63) is 54.1 Å². The molecule has 0 N–H and O–H groups in total. The molecule has 0 fully saturated rings. The van der Waals surface area contributed by atoms with E-state index >= 15 is 0 Å². The molecule has 2 aromatic rings. The van der Waals surface area contributed by atoms with Gasteiger partial charge < -0.3 is 4.57 Å². The van der Waals surface area contributed by atoms with Crippen molar-refractivity contribution in [2.75, 3.05) is 0 Å². The zero-order valence-electron chi connectivity index (χ0n) is 10.9. The second-order valence-electron chi connectivity index (χ2n) is 4.97. The smallest absolute Gasteiger partial charge is 0.0949 e. The van der Waals surface area contributed by atoms with Crippen LogP contribution in [-0.2, 0) is 12.0 Å². The van der Waals surface area contributed by atoms with Gasteiger partial charge in [0, 0.05) is 18.2 Å². The molecule has 0 saturated heterocycles.